The van der Waals surface area contributed by atoms with Gasteiger partial charge in [-0.3, -0.25) is 4.79 Å². The van der Waals surface area contributed by atoms with Crippen molar-refractivity contribution in [3.05, 3.63) is 59.7 Å². The summed E-state index contributed by atoms with van der Waals surface area (Å²) in [6.07, 6.45) is 2.75. The van der Waals surface area contributed by atoms with Crippen LogP contribution < -0.4 is 0 Å². The van der Waals surface area contributed by atoms with Crippen molar-refractivity contribution in [2.45, 2.75) is 13.0 Å². The van der Waals surface area contributed by atoms with Crippen LogP contribution in [0.25, 0.3) is 11.6 Å². The molecule has 1 amide bonds. The van der Waals surface area contributed by atoms with Crippen molar-refractivity contribution in [3.8, 4) is 11.6 Å². The Labute approximate surface area is 149 Å². The molecular formula is C18H17N5O3. The molecule has 1 aliphatic rings. The zero-order valence-corrected chi connectivity index (χ0v) is 14.2. The van der Waals surface area contributed by atoms with Gasteiger partial charge in [0.15, 0.2) is 6.10 Å². The number of morpholine rings is 1. The minimum absolute atomic E-state index is 0.0376. The predicted octanol–water partition coefficient (Wildman–Crippen LogP) is 2.05. The van der Waals surface area contributed by atoms with Gasteiger partial charge in [0.1, 0.15) is 0 Å². The van der Waals surface area contributed by atoms with Gasteiger partial charge in [0.2, 0.25) is 11.6 Å². The molecular weight excluding hydrogens is 334 g/mol. The van der Waals surface area contributed by atoms with Crippen molar-refractivity contribution in [1.82, 2.24) is 25.0 Å². The summed E-state index contributed by atoms with van der Waals surface area (Å²) in [4.78, 5) is 26.9. The quantitative estimate of drug-likeness (QED) is 0.713. The van der Waals surface area contributed by atoms with Gasteiger partial charge in [-0.1, -0.05) is 22.9 Å². The highest BCUT2D eigenvalue weighted by atomic mass is 16.5. The molecule has 0 spiro atoms. The first-order valence-corrected chi connectivity index (χ1v) is 8.29. The van der Waals surface area contributed by atoms with Gasteiger partial charge in [0.25, 0.3) is 11.8 Å². The molecule has 3 heterocycles. The summed E-state index contributed by atoms with van der Waals surface area (Å²) in [6, 6.07) is 9.23. The first-order valence-electron chi connectivity index (χ1n) is 8.29. The molecule has 2 aromatic heterocycles. The number of hydrogen-bond donors (Lipinski definition) is 0. The maximum Gasteiger partial charge on any atom is 0.258 e. The molecule has 0 aliphatic carbocycles. The fourth-order valence-electron chi connectivity index (χ4n) is 2.73. The molecule has 1 saturated heterocycles. The molecule has 0 radical (unpaired) electrons. The van der Waals surface area contributed by atoms with Crippen LogP contribution in [0.1, 0.15) is 27.9 Å². The molecule has 4 rings (SSSR count). The van der Waals surface area contributed by atoms with Crippen molar-refractivity contribution >= 4 is 5.91 Å². The number of hydrogen-bond acceptors (Lipinski definition) is 7. The van der Waals surface area contributed by atoms with Gasteiger partial charge in [-0.25, -0.2) is 9.97 Å². The first-order chi connectivity index (χ1) is 12.7. The van der Waals surface area contributed by atoms with E-state index in [2.05, 4.69) is 20.1 Å². The molecule has 1 atom stereocenters. The monoisotopic (exact) mass is 351 g/mol. The third-order valence-electron chi connectivity index (χ3n) is 4.14. The summed E-state index contributed by atoms with van der Waals surface area (Å²) in [7, 11) is 0. The maximum atomic E-state index is 12.7. The summed E-state index contributed by atoms with van der Waals surface area (Å²) >= 11 is 0. The third-order valence-corrected chi connectivity index (χ3v) is 4.14. The van der Waals surface area contributed by atoms with Crippen molar-refractivity contribution in [2.75, 3.05) is 19.7 Å². The van der Waals surface area contributed by atoms with E-state index in [0.29, 0.717) is 42.8 Å². The van der Waals surface area contributed by atoms with E-state index in [1.165, 1.54) is 0 Å². The second-order valence-corrected chi connectivity index (χ2v) is 6.01. The number of amides is 1. The number of aryl methyl sites for hydroxylation is 1. The van der Waals surface area contributed by atoms with E-state index in [1.54, 1.807) is 23.4 Å². The zero-order valence-electron chi connectivity index (χ0n) is 14.2. The van der Waals surface area contributed by atoms with Crippen LogP contribution in [0.3, 0.4) is 0 Å². The van der Waals surface area contributed by atoms with Crippen molar-refractivity contribution in [3.63, 3.8) is 0 Å². The van der Waals surface area contributed by atoms with Crippen LogP contribution in [0.5, 0.6) is 0 Å². The molecule has 1 aliphatic heterocycles. The molecule has 8 heteroatoms. The van der Waals surface area contributed by atoms with Gasteiger partial charge in [0.05, 0.1) is 13.2 Å². The van der Waals surface area contributed by atoms with Crippen LogP contribution in [0.4, 0.5) is 0 Å². The van der Waals surface area contributed by atoms with Crippen LogP contribution in [0.15, 0.2) is 47.2 Å². The van der Waals surface area contributed by atoms with E-state index in [1.807, 2.05) is 31.2 Å². The lowest BCUT2D eigenvalue weighted by atomic mass is 10.1. The van der Waals surface area contributed by atoms with Crippen molar-refractivity contribution in [1.29, 1.82) is 0 Å². The number of benzene rings is 1. The number of aromatic nitrogens is 4. The second kappa shape index (κ2) is 7.01. The second-order valence-electron chi connectivity index (χ2n) is 6.01. The molecule has 3 aromatic rings. The summed E-state index contributed by atoms with van der Waals surface area (Å²) in [5.41, 5.74) is 1.77. The highest BCUT2D eigenvalue weighted by Gasteiger charge is 2.30. The van der Waals surface area contributed by atoms with Crippen LogP contribution in [-0.4, -0.2) is 50.6 Å². The molecule has 0 N–H and O–H groups in total. The largest absolute Gasteiger partial charge is 0.365 e. The number of nitrogens with zero attached hydrogens (tertiary/aromatic N) is 5. The smallest absolute Gasteiger partial charge is 0.258 e. The topological polar surface area (TPSA) is 94.2 Å². The molecule has 8 nitrogen and oxygen atoms in total. The first kappa shape index (κ1) is 16.3. The van der Waals surface area contributed by atoms with E-state index in [9.17, 15) is 4.79 Å². The fourth-order valence-corrected chi connectivity index (χ4v) is 2.73. The predicted molar refractivity (Wildman–Crippen MR) is 91.1 cm³/mol. The Bertz CT molecular complexity index is 895. The molecule has 132 valence electrons. The van der Waals surface area contributed by atoms with Crippen molar-refractivity contribution < 1.29 is 14.1 Å². The number of carbonyl (C=O) groups excluding carboxylic acids is 1. The van der Waals surface area contributed by atoms with Gasteiger partial charge < -0.3 is 14.2 Å². The van der Waals surface area contributed by atoms with Gasteiger partial charge in [-0.15, -0.1) is 0 Å². The number of ether oxygens (including phenoxy) is 1. The Kier molecular flexibility index (Phi) is 4.40. The molecule has 1 unspecified atom stereocenters. The average Bonchev–Trinajstić information content (AvgIpc) is 3.19. The molecule has 0 saturated carbocycles. The highest BCUT2D eigenvalue weighted by molar-refractivity contribution is 5.94. The SMILES string of the molecule is Cc1ccc(C(=O)N2CCOC(c3nc(-c4ncccn4)no3)C2)cc1. The number of carbonyl (C=O) groups is 1. The molecule has 26 heavy (non-hydrogen) atoms. The van der Waals surface area contributed by atoms with Crippen LogP contribution in [0, 0.1) is 6.92 Å². The van der Waals surface area contributed by atoms with E-state index in [-0.39, 0.29) is 5.91 Å². The van der Waals surface area contributed by atoms with Crippen molar-refractivity contribution in [2.24, 2.45) is 0 Å². The van der Waals surface area contributed by atoms with Gasteiger partial charge in [0, 0.05) is 24.5 Å². The summed E-state index contributed by atoms with van der Waals surface area (Å²) in [5, 5.41) is 3.90. The van der Waals surface area contributed by atoms with E-state index in [0.717, 1.165) is 5.56 Å². The Balaban J connectivity index is 1.49. The van der Waals surface area contributed by atoms with Crippen LogP contribution >= 0.6 is 0 Å². The van der Waals surface area contributed by atoms with Gasteiger partial charge >= 0.3 is 0 Å². The average molecular weight is 351 g/mol. The summed E-state index contributed by atoms with van der Waals surface area (Å²) in [5.74, 6) is 0.954. The zero-order chi connectivity index (χ0) is 17.9. The summed E-state index contributed by atoms with van der Waals surface area (Å²) < 4.78 is 11.0. The lowest BCUT2D eigenvalue weighted by molar-refractivity contribution is -0.0367. The van der Waals surface area contributed by atoms with E-state index < -0.39 is 6.10 Å². The molecule has 1 aromatic carbocycles. The Morgan fingerprint density at radius 1 is 1.15 bits per heavy atom. The Hall–Kier alpha value is -3.13. The number of rotatable bonds is 3. The lowest BCUT2D eigenvalue weighted by Crippen LogP contribution is -2.42. The molecule has 0 bridgehead atoms. The van der Waals surface area contributed by atoms with Crippen LogP contribution in [-0.2, 0) is 4.74 Å². The minimum Gasteiger partial charge on any atom is -0.365 e. The van der Waals surface area contributed by atoms with E-state index in [4.69, 9.17) is 9.26 Å². The minimum atomic E-state index is -0.469. The van der Waals surface area contributed by atoms with Gasteiger partial charge in [-0.2, -0.15) is 4.98 Å². The van der Waals surface area contributed by atoms with E-state index >= 15 is 0 Å². The fraction of sp³-hybridized carbons (Fsp3) is 0.278. The molecule has 1 fully saturated rings. The maximum absolute atomic E-state index is 12.7. The highest BCUT2D eigenvalue weighted by Crippen LogP contribution is 2.23. The lowest BCUT2D eigenvalue weighted by Gasteiger charge is -2.31. The third kappa shape index (κ3) is 3.31. The Morgan fingerprint density at radius 2 is 1.92 bits per heavy atom. The standard InChI is InChI=1S/C18H17N5O3/c1-12-3-5-13(6-4-12)18(24)23-9-10-25-14(11-23)17-21-16(22-26-17)15-19-7-2-8-20-15/h2-8,14H,9-11H2,1H3. The van der Waals surface area contributed by atoms with Crippen LogP contribution in [0.2, 0.25) is 0 Å². The summed E-state index contributed by atoms with van der Waals surface area (Å²) in [6.45, 7) is 3.26. The van der Waals surface area contributed by atoms with Gasteiger partial charge in [-0.05, 0) is 25.1 Å². The normalized spacial score (nSPS) is 17.3. The Morgan fingerprint density at radius 3 is 2.69 bits per heavy atom.